The highest BCUT2D eigenvalue weighted by Crippen LogP contribution is 2.37. The Morgan fingerprint density at radius 3 is 2.94 bits per heavy atom. The molecule has 0 amide bonds. The Balaban J connectivity index is 2.19. The van der Waals surface area contributed by atoms with Crippen LogP contribution in [0.2, 0.25) is 0 Å². The van der Waals surface area contributed by atoms with E-state index in [0.717, 1.165) is 11.3 Å². The van der Waals surface area contributed by atoms with Crippen LogP contribution in [-0.4, -0.2) is 10.8 Å². The van der Waals surface area contributed by atoms with Gasteiger partial charge in [-0.15, -0.1) is 0 Å². The second-order valence-electron chi connectivity index (χ2n) is 3.85. The van der Waals surface area contributed by atoms with Gasteiger partial charge in [0, 0.05) is 11.1 Å². The maximum atomic E-state index is 9.89. The van der Waals surface area contributed by atoms with E-state index in [1.807, 2.05) is 24.3 Å². The monoisotopic (exact) mass is 212 g/mol. The predicted octanol–water partition coefficient (Wildman–Crippen LogP) is 1.89. The first kappa shape index (κ1) is 9.39. The highest BCUT2D eigenvalue weighted by Gasteiger charge is 2.33. The average Bonchev–Trinajstić information content (AvgIpc) is 2.27. The molecule has 1 unspecified atom stereocenters. The van der Waals surface area contributed by atoms with Gasteiger partial charge < -0.3 is 9.84 Å². The number of allylic oxidation sites excluding steroid dienone is 2. The van der Waals surface area contributed by atoms with E-state index in [9.17, 15) is 5.11 Å². The summed E-state index contributed by atoms with van der Waals surface area (Å²) >= 11 is 0. The molecule has 1 atom stereocenters. The quantitative estimate of drug-likeness (QED) is 0.714. The molecular weight excluding hydrogens is 202 g/mol. The zero-order valence-electron chi connectivity index (χ0n) is 8.47. The summed E-state index contributed by atoms with van der Waals surface area (Å²) in [5.41, 5.74) is 7.44. The van der Waals surface area contributed by atoms with Crippen molar-refractivity contribution in [3.8, 4) is 5.75 Å². The molecular formula is C13H10NO2. The summed E-state index contributed by atoms with van der Waals surface area (Å²) < 4.78 is 5.63. The number of hydrogen-bond acceptors (Lipinski definition) is 2. The van der Waals surface area contributed by atoms with E-state index in [0.29, 0.717) is 11.3 Å². The van der Waals surface area contributed by atoms with Gasteiger partial charge >= 0.3 is 0 Å². The maximum Gasteiger partial charge on any atom is 0.178 e. The minimum atomic E-state index is -1.70. The fourth-order valence-corrected chi connectivity index (χ4v) is 1.88. The number of hydrogen-bond donors (Lipinski definition) is 1. The minimum absolute atomic E-state index is 0.480. The lowest BCUT2D eigenvalue weighted by molar-refractivity contribution is 0.124. The van der Waals surface area contributed by atoms with Crippen molar-refractivity contribution in [3.63, 3.8) is 0 Å². The van der Waals surface area contributed by atoms with E-state index < -0.39 is 5.72 Å². The second kappa shape index (κ2) is 3.07. The molecule has 1 radical (unpaired) electrons. The molecule has 0 spiro atoms. The zero-order valence-corrected chi connectivity index (χ0v) is 8.47. The van der Waals surface area contributed by atoms with E-state index in [-0.39, 0.29) is 0 Å². The number of benzene rings is 1. The molecule has 0 aromatic heterocycles. The SMILES string of the molecule is [NH]C1(O)C=CC=C2Oc3ccccc3C=C21. The molecule has 0 saturated heterocycles. The normalized spacial score (nSPS) is 26.1. The van der Waals surface area contributed by atoms with Crippen molar-refractivity contribution in [1.29, 1.82) is 0 Å². The molecule has 2 aliphatic rings. The first-order chi connectivity index (χ1) is 7.67. The Morgan fingerprint density at radius 1 is 1.25 bits per heavy atom. The Morgan fingerprint density at radius 2 is 2.06 bits per heavy atom. The van der Waals surface area contributed by atoms with Crippen molar-refractivity contribution in [2.75, 3.05) is 0 Å². The van der Waals surface area contributed by atoms with Gasteiger partial charge in [-0.05, 0) is 24.3 Å². The molecule has 0 saturated carbocycles. The third-order valence-corrected chi connectivity index (χ3v) is 2.70. The second-order valence-corrected chi connectivity index (χ2v) is 3.85. The fourth-order valence-electron chi connectivity index (χ4n) is 1.88. The number of fused-ring (bicyclic) bond motifs is 2. The topological polar surface area (TPSA) is 53.3 Å². The van der Waals surface area contributed by atoms with Gasteiger partial charge in [0.2, 0.25) is 0 Å². The van der Waals surface area contributed by atoms with Crippen LogP contribution in [0.5, 0.6) is 5.75 Å². The van der Waals surface area contributed by atoms with E-state index in [4.69, 9.17) is 10.5 Å². The van der Waals surface area contributed by atoms with Crippen LogP contribution in [0.3, 0.4) is 0 Å². The van der Waals surface area contributed by atoms with Crippen LogP contribution in [0.25, 0.3) is 6.08 Å². The number of para-hydroxylation sites is 1. The molecule has 1 heterocycles. The van der Waals surface area contributed by atoms with Crippen LogP contribution >= 0.6 is 0 Å². The number of aliphatic hydroxyl groups is 1. The Hall–Kier alpha value is -1.84. The van der Waals surface area contributed by atoms with Crippen molar-refractivity contribution in [2.45, 2.75) is 5.72 Å². The van der Waals surface area contributed by atoms with Gasteiger partial charge in [-0.3, -0.25) is 0 Å². The van der Waals surface area contributed by atoms with E-state index >= 15 is 0 Å². The Kier molecular flexibility index (Phi) is 1.80. The van der Waals surface area contributed by atoms with Gasteiger partial charge in [0.05, 0.1) is 0 Å². The first-order valence-corrected chi connectivity index (χ1v) is 5.03. The summed E-state index contributed by atoms with van der Waals surface area (Å²) in [5.74, 6) is 1.29. The standard InChI is InChI=1S/C13H10NO2/c14-13(15)7-3-6-12-10(13)8-9-4-1-2-5-11(9)16-12/h1-8,14-15H. The number of rotatable bonds is 0. The van der Waals surface area contributed by atoms with Crippen molar-refractivity contribution in [1.82, 2.24) is 5.73 Å². The summed E-state index contributed by atoms with van der Waals surface area (Å²) in [6.07, 6.45) is 6.61. The molecule has 2 N–H and O–H groups in total. The zero-order chi connectivity index (χ0) is 11.2. The third-order valence-electron chi connectivity index (χ3n) is 2.70. The van der Waals surface area contributed by atoms with Gasteiger partial charge in [0.25, 0.3) is 0 Å². The van der Waals surface area contributed by atoms with Crippen LogP contribution in [0.4, 0.5) is 0 Å². The third kappa shape index (κ3) is 1.30. The van der Waals surface area contributed by atoms with Gasteiger partial charge in [-0.2, -0.15) is 0 Å². The van der Waals surface area contributed by atoms with E-state index in [2.05, 4.69) is 0 Å². The highest BCUT2D eigenvalue weighted by atomic mass is 16.5. The number of ether oxygens (including phenoxy) is 1. The maximum absolute atomic E-state index is 9.89. The molecule has 1 aliphatic carbocycles. The molecule has 16 heavy (non-hydrogen) atoms. The van der Waals surface area contributed by atoms with Gasteiger partial charge in [0.1, 0.15) is 11.5 Å². The molecule has 3 heteroatoms. The Bertz CT molecular complexity index is 539. The first-order valence-electron chi connectivity index (χ1n) is 5.03. The molecule has 79 valence electrons. The van der Waals surface area contributed by atoms with Crippen molar-refractivity contribution in [2.24, 2.45) is 0 Å². The average molecular weight is 212 g/mol. The largest absolute Gasteiger partial charge is 0.456 e. The van der Waals surface area contributed by atoms with Gasteiger partial charge in [-0.1, -0.05) is 24.3 Å². The lowest BCUT2D eigenvalue weighted by Gasteiger charge is -2.29. The summed E-state index contributed by atoms with van der Waals surface area (Å²) in [5, 5.41) is 9.89. The van der Waals surface area contributed by atoms with Crippen LogP contribution in [0.1, 0.15) is 5.56 Å². The molecule has 1 aliphatic heterocycles. The lowest BCUT2D eigenvalue weighted by atomic mass is 9.92. The summed E-state index contributed by atoms with van der Waals surface area (Å²) in [6.45, 7) is 0. The van der Waals surface area contributed by atoms with Crippen LogP contribution < -0.4 is 10.5 Å². The van der Waals surface area contributed by atoms with E-state index in [1.54, 1.807) is 18.2 Å². The van der Waals surface area contributed by atoms with Gasteiger partial charge in [-0.25, -0.2) is 5.73 Å². The smallest absolute Gasteiger partial charge is 0.178 e. The highest BCUT2D eigenvalue weighted by molar-refractivity contribution is 5.70. The van der Waals surface area contributed by atoms with E-state index in [1.165, 1.54) is 6.08 Å². The molecule has 1 aromatic carbocycles. The fraction of sp³-hybridized carbons (Fsp3) is 0.0769. The molecule has 1 aromatic rings. The molecule has 0 fully saturated rings. The minimum Gasteiger partial charge on any atom is -0.456 e. The number of nitrogens with one attached hydrogen (secondary N) is 1. The Labute approximate surface area is 93.2 Å². The molecule has 3 rings (SSSR count). The molecule has 3 nitrogen and oxygen atoms in total. The van der Waals surface area contributed by atoms with Crippen molar-refractivity contribution in [3.05, 3.63) is 59.4 Å². The lowest BCUT2D eigenvalue weighted by Crippen LogP contribution is -2.34. The molecule has 0 bridgehead atoms. The van der Waals surface area contributed by atoms with Crippen LogP contribution in [0.15, 0.2) is 53.8 Å². The van der Waals surface area contributed by atoms with Gasteiger partial charge in [0.15, 0.2) is 5.72 Å². The van der Waals surface area contributed by atoms with Crippen molar-refractivity contribution < 1.29 is 9.84 Å². The van der Waals surface area contributed by atoms with Crippen LogP contribution in [0, 0.1) is 0 Å². The summed E-state index contributed by atoms with van der Waals surface area (Å²) in [6, 6.07) is 7.55. The summed E-state index contributed by atoms with van der Waals surface area (Å²) in [4.78, 5) is 0. The predicted molar refractivity (Wildman–Crippen MR) is 60.3 cm³/mol. The van der Waals surface area contributed by atoms with Crippen LogP contribution in [-0.2, 0) is 0 Å². The summed E-state index contributed by atoms with van der Waals surface area (Å²) in [7, 11) is 0. The van der Waals surface area contributed by atoms with Crippen molar-refractivity contribution >= 4 is 6.08 Å².